The topological polar surface area (TPSA) is 61.4 Å². The van der Waals surface area contributed by atoms with Crippen molar-refractivity contribution < 1.29 is 9.59 Å². The third-order valence-electron chi connectivity index (χ3n) is 1.99. The number of carbonyl (C=O) groups is 2. The largest absolute Gasteiger partial charge is 0.358 e. The Morgan fingerprint density at radius 2 is 2.46 bits per heavy atom. The Balaban J connectivity index is 2.39. The van der Waals surface area contributed by atoms with Gasteiger partial charge in [0.25, 0.3) is 0 Å². The molecule has 0 spiro atoms. The highest BCUT2D eigenvalue weighted by Gasteiger charge is 2.15. The number of nitrogens with one attached hydrogen (secondary N) is 2. The summed E-state index contributed by atoms with van der Waals surface area (Å²) in [5, 5.41) is 5.29. The van der Waals surface area contributed by atoms with Crippen molar-refractivity contribution >= 4 is 11.8 Å². The predicted octanol–water partition coefficient (Wildman–Crippen LogP) is -1.45. The maximum absolute atomic E-state index is 11.1. The van der Waals surface area contributed by atoms with Crippen LogP contribution in [0, 0.1) is 0 Å². The van der Waals surface area contributed by atoms with Gasteiger partial charge in [0.15, 0.2) is 0 Å². The zero-order chi connectivity index (χ0) is 9.68. The standard InChI is InChI=1S/C8H15N3O2/c1-9-7(12)5-11-4-2-3-10-8(13)6-11/h2-6H2,1H3,(H,9,12)(H,10,13). The first-order valence-electron chi connectivity index (χ1n) is 4.42. The van der Waals surface area contributed by atoms with Gasteiger partial charge < -0.3 is 10.6 Å². The summed E-state index contributed by atoms with van der Waals surface area (Å²) in [5.41, 5.74) is 0. The van der Waals surface area contributed by atoms with Crippen molar-refractivity contribution in [2.45, 2.75) is 6.42 Å². The van der Waals surface area contributed by atoms with Crippen molar-refractivity contribution in [3.63, 3.8) is 0 Å². The minimum atomic E-state index is -0.0466. The van der Waals surface area contributed by atoms with Crippen LogP contribution in [0.4, 0.5) is 0 Å². The summed E-state index contributed by atoms with van der Waals surface area (Å²) < 4.78 is 0. The van der Waals surface area contributed by atoms with Crippen molar-refractivity contribution in [3.8, 4) is 0 Å². The molecule has 0 aliphatic carbocycles. The average Bonchev–Trinajstić information content (AvgIpc) is 2.30. The third-order valence-corrected chi connectivity index (χ3v) is 1.99. The van der Waals surface area contributed by atoms with Gasteiger partial charge in [-0.2, -0.15) is 0 Å². The third kappa shape index (κ3) is 3.42. The van der Waals surface area contributed by atoms with Gasteiger partial charge in [0, 0.05) is 20.1 Å². The smallest absolute Gasteiger partial charge is 0.234 e. The molecule has 5 nitrogen and oxygen atoms in total. The second-order valence-electron chi connectivity index (χ2n) is 3.09. The van der Waals surface area contributed by atoms with Crippen LogP contribution >= 0.6 is 0 Å². The van der Waals surface area contributed by atoms with Gasteiger partial charge in [-0.05, 0) is 6.42 Å². The molecular formula is C8H15N3O2. The second-order valence-corrected chi connectivity index (χ2v) is 3.09. The normalized spacial score (nSPS) is 19.0. The lowest BCUT2D eigenvalue weighted by atomic mass is 10.4. The summed E-state index contributed by atoms with van der Waals surface area (Å²) in [4.78, 5) is 23.9. The van der Waals surface area contributed by atoms with Gasteiger partial charge in [-0.15, -0.1) is 0 Å². The summed E-state index contributed by atoms with van der Waals surface area (Å²) in [6.07, 6.45) is 0.905. The van der Waals surface area contributed by atoms with E-state index in [0.717, 1.165) is 13.0 Å². The molecule has 0 saturated carbocycles. The van der Waals surface area contributed by atoms with E-state index in [-0.39, 0.29) is 11.8 Å². The minimum absolute atomic E-state index is 0.00130. The quantitative estimate of drug-likeness (QED) is 0.553. The molecule has 0 atom stereocenters. The minimum Gasteiger partial charge on any atom is -0.358 e. The van der Waals surface area contributed by atoms with E-state index in [4.69, 9.17) is 0 Å². The van der Waals surface area contributed by atoms with E-state index >= 15 is 0 Å². The molecule has 1 aliphatic heterocycles. The van der Waals surface area contributed by atoms with E-state index < -0.39 is 0 Å². The summed E-state index contributed by atoms with van der Waals surface area (Å²) in [6.45, 7) is 2.15. The maximum Gasteiger partial charge on any atom is 0.234 e. The molecule has 1 heterocycles. The number of amides is 2. The van der Waals surface area contributed by atoms with Crippen LogP contribution in [0.3, 0.4) is 0 Å². The van der Waals surface area contributed by atoms with Crippen LogP contribution in [0.1, 0.15) is 6.42 Å². The van der Waals surface area contributed by atoms with Crippen LogP contribution < -0.4 is 10.6 Å². The van der Waals surface area contributed by atoms with Crippen molar-refractivity contribution in [1.29, 1.82) is 0 Å². The van der Waals surface area contributed by atoms with Gasteiger partial charge in [-0.1, -0.05) is 0 Å². The zero-order valence-electron chi connectivity index (χ0n) is 7.80. The lowest BCUT2D eigenvalue weighted by molar-refractivity contribution is -0.124. The van der Waals surface area contributed by atoms with E-state index in [1.807, 2.05) is 4.90 Å². The molecular weight excluding hydrogens is 170 g/mol. The first kappa shape index (κ1) is 9.98. The first-order valence-corrected chi connectivity index (χ1v) is 4.42. The molecule has 1 aliphatic rings. The molecule has 2 N–H and O–H groups in total. The van der Waals surface area contributed by atoms with Gasteiger partial charge >= 0.3 is 0 Å². The lowest BCUT2D eigenvalue weighted by Crippen LogP contribution is -2.39. The van der Waals surface area contributed by atoms with Crippen LogP contribution in [-0.2, 0) is 9.59 Å². The molecule has 1 saturated heterocycles. The maximum atomic E-state index is 11.1. The molecule has 0 aromatic heterocycles. The van der Waals surface area contributed by atoms with Crippen molar-refractivity contribution in [2.75, 3.05) is 33.2 Å². The van der Waals surface area contributed by atoms with Crippen LogP contribution in [0.15, 0.2) is 0 Å². The van der Waals surface area contributed by atoms with Crippen LogP contribution in [0.25, 0.3) is 0 Å². The van der Waals surface area contributed by atoms with Gasteiger partial charge in [-0.25, -0.2) is 0 Å². The van der Waals surface area contributed by atoms with Crippen molar-refractivity contribution in [2.24, 2.45) is 0 Å². The molecule has 74 valence electrons. The van der Waals surface area contributed by atoms with Crippen LogP contribution in [0.5, 0.6) is 0 Å². The molecule has 0 aromatic carbocycles. The Hall–Kier alpha value is -1.10. The molecule has 0 aromatic rings. The summed E-state index contributed by atoms with van der Waals surface area (Å²) in [6, 6.07) is 0. The summed E-state index contributed by atoms with van der Waals surface area (Å²) in [5.74, 6) is -0.0453. The van der Waals surface area contributed by atoms with Gasteiger partial charge in [0.05, 0.1) is 13.1 Å². The highest BCUT2D eigenvalue weighted by atomic mass is 16.2. The number of hydrogen-bond acceptors (Lipinski definition) is 3. The zero-order valence-corrected chi connectivity index (χ0v) is 7.80. The summed E-state index contributed by atoms with van der Waals surface area (Å²) >= 11 is 0. The molecule has 0 bridgehead atoms. The highest BCUT2D eigenvalue weighted by molar-refractivity contribution is 5.81. The number of nitrogens with zero attached hydrogens (tertiary/aromatic N) is 1. The molecule has 5 heteroatoms. The Bertz CT molecular complexity index is 206. The van der Waals surface area contributed by atoms with Gasteiger partial charge in [0.1, 0.15) is 0 Å². The SMILES string of the molecule is CNC(=O)CN1CCCNC(=O)C1. The van der Waals surface area contributed by atoms with Gasteiger partial charge in [0.2, 0.25) is 11.8 Å². The number of carbonyl (C=O) groups excluding carboxylic acids is 2. The summed E-state index contributed by atoms with van der Waals surface area (Å²) in [7, 11) is 1.60. The second kappa shape index (κ2) is 4.81. The van der Waals surface area contributed by atoms with E-state index in [1.54, 1.807) is 7.05 Å². The lowest BCUT2D eigenvalue weighted by Gasteiger charge is -2.16. The Morgan fingerprint density at radius 3 is 3.15 bits per heavy atom. The highest BCUT2D eigenvalue weighted by Crippen LogP contribution is 1.94. The molecule has 0 unspecified atom stereocenters. The van der Waals surface area contributed by atoms with E-state index in [0.29, 0.717) is 19.6 Å². The van der Waals surface area contributed by atoms with Crippen molar-refractivity contribution in [3.05, 3.63) is 0 Å². The van der Waals surface area contributed by atoms with E-state index in [9.17, 15) is 9.59 Å². The van der Waals surface area contributed by atoms with E-state index in [2.05, 4.69) is 10.6 Å². The predicted molar refractivity (Wildman–Crippen MR) is 48.1 cm³/mol. The van der Waals surface area contributed by atoms with E-state index in [1.165, 1.54) is 0 Å². The molecule has 2 amide bonds. The monoisotopic (exact) mass is 185 g/mol. The van der Waals surface area contributed by atoms with Gasteiger partial charge in [-0.3, -0.25) is 14.5 Å². The Kier molecular flexibility index (Phi) is 3.70. The number of likely N-dealkylation sites (N-methyl/N-ethyl adjacent to an activating group) is 1. The molecule has 13 heavy (non-hydrogen) atoms. The van der Waals surface area contributed by atoms with Crippen LogP contribution in [0.2, 0.25) is 0 Å². The Labute approximate surface area is 77.5 Å². The number of hydrogen-bond donors (Lipinski definition) is 2. The Morgan fingerprint density at radius 1 is 1.69 bits per heavy atom. The fraction of sp³-hybridized carbons (Fsp3) is 0.750. The molecule has 1 rings (SSSR count). The number of rotatable bonds is 2. The first-order chi connectivity index (χ1) is 6.22. The van der Waals surface area contributed by atoms with Crippen LogP contribution in [-0.4, -0.2) is 49.9 Å². The van der Waals surface area contributed by atoms with Crippen molar-refractivity contribution in [1.82, 2.24) is 15.5 Å². The average molecular weight is 185 g/mol. The molecule has 1 fully saturated rings. The fourth-order valence-electron chi connectivity index (χ4n) is 1.29. The fourth-order valence-corrected chi connectivity index (χ4v) is 1.29. The molecule has 0 radical (unpaired) electrons.